The van der Waals surface area contributed by atoms with Crippen molar-refractivity contribution in [1.29, 1.82) is 0 Å². The number of nitrogens with two attached hydrogens (primary N) is 1. The monoisotopic (exact) mass is 314 g/mol. The minimum absolute atomic E-state index is 0.0551. The first-order valence-electron chi connectivity index (χ1n) is 7.57. The van der Waals surface area contributed by atoms with Crippen LogP contribution in [0.1, 0.15) is 31.2 Å². The van der Waals surface area contributed by atoms with Crippen LogP contribution in [-0.4, -0.2) is 18.6 Å². The first-order chi connectivity index (χ1) is 10.4. The number of benzene rings is 1. The molecule has 0 aliphatic heterocycles. The Labute approximate surface area is 128 Å². The Morgan fingerprint density at radius 1 is 1.18 bits per heavy atom. The molecule has 1 aromatic carbocycles. The van der Waals surface area contributed by atoms with Gasteiger partial charge in [-0.1, -0.05) is 25.0 Å². The Morgan fingerprint density at radius 3 is 2.45 bits per heavy atom. The first-order valence-corrected chi connectivity index (χ1v) is 7.57. The summed E-state index contributed by atoms with van der Waals surface area (Å²) in [7, 11) is 0. The maximum atomic E-state index is 13.0. The Kier molecular flexibility index (Phi) is 5.32. The van der Waals surface area contributed by atoms with E-state index in [2.05, 4.69) is 5.32 Å². The van der Waals surface area contributed by atoms with E-state index in [0.29, 0.717) is 37.9 Å². The normalized spacial score (nSPS) is 22.3. The summed E-state index contributed by atoms with van der Waals surface area (Å²) in [6, 6.07) is 7.22. The van der Waals surface area contributed by atoms with E-state index in [9.17, 15) is 18.0 Å². The van der Waals surface area contributed by atoms with Gasteiger partial charge in [-0.05, 0) is 37.0 Å². The van der Waals surface area contributed by atoms with Gasteiger partial charge in [0.05, 0.1) is 5.92 Å². The molecule has 3 nitrogen and oxygen atoms in total. The van der Waals surface area contributed by atoms with Crippen molar-refractivity contribution < 1.29 is 18.0 Å². The molecule has 0 aromatic heterocycles. The number of hydrogen-bond acceptors (Lipinski definition) is 2. The van der Waals surface area contributed by atoms with E-state index in [-0.39, 0.29) is 6.42 Å². The molecule has 3 N–H and O–H groups in total. The molecule has 122 valence electrons. The van der Waals surface area contributed by atoms with Gasteiger partial charge in [0.25, 0.3) is 0 Å². The average molecular weight is 314 g/mol. The molecule has 1 aromatic rings. The smallest absolute Gasteiger partial charge is 0.392 e. The van der Waals surface area contributed by atoms with E-state index < -0.39 is 23.9 Å². The number of anilines is 1. The largest absolute Gasteiger partial charge is 0.399 e. The van der Waals surface area contributed by atoms with E-state index in [1.54, 1.807) is 12.1 Å². The molecular weight excluding hydrogens is 293 g/mol. The van der Waals surface area contributed by atoms with E-state index in [0.717, 1.165) is 5.56 Å². The summed E-state index contributed by atoms with van der Waals surface area (Å²) in [4.78, 5) is 12.1. The number of rotatable bonds is 4. The highest BCUT2D eigenvalue weighted by Crippen LogP contribution is 2.41. The van der Waals surface area contributed by atoms with Crippen molar-refractivity contribution in [2.75, 3.05) is 12.3 Å². The Morgan fingerprint density at radius 2 is 1.82 bits per heavy atom. The molecule has 0 spiro atoms. The fourth-order valence-electron chi connectivity index (χ4n) is 2.98. The number of carbonyl (C=O) groups excluding carboxylic acids is 1. The molecule has 1 aliphatic rings. The van der Waals surface area contributed by atoms with Crippen LogP contribution in [0.2, 0.25) is 0 Å². The SMILES string of the molecule is Nc1ccc(CCNC(=O)C2CCCCC2C(F)(F)F)cc1. The summed E-state index contributed by atoms with van der Waals surface area (Å²) in [5.41, 5.74) is 7.23. The van der Waals surface area contributed by atoms with E-state index in [1.807, 2.05) is 12.1 Å². The topological polar surface area (TPSA) is 55.1 Å². The first kappa shape index (κ1) is 16.6. The Hall–Kier alpha value is -1.72. The third-order valence-electron chi connectivity index (χ3n) is 4.22. The fourth-order valence-corrected chi connectivity index (χ4v) is 2.98. The van der Waals surface area contributed by atoms with Crippen molar-refractivity contribution in [3.63, 3.8) is 0 Å². The number of halogens is 3. The van der Waals surface area contributed by atoms with E-state index in [4.69, 9.17) is 5.73 Å². The van der Waals surface area contributed by atoms with Crippen molar-refractivity contribution >= 4 is 11.6 Å². The number of alkyl halides is 3. The number of carbonyl (C=O) groups is 1. The molecule has 1 aliphatic carbocycles. The Bertz CT molecular complexity index is 499. The van der Waals surface area contributed by atoms with Crippen LogP contribution in [0.3, 0.4) is 0 Å². The van der Waals surface area contributed by atoms with Gasteiger partial charge >= 0.3 is 6.18 Å². The predicted octanol–water partition coefficient (Wildman–Crippen LogP) is 3.30. The lowest BCUT2D eigenvalue weighted by Gasteiger charge is -2.32. The maximum Gasteiger partial charge on any atom is 0.392 e. The van der Waals surface area contributed by atoms with Crippen LogP contribution < -0.4 is 11.1 Å². The molecule has 1 fully saturated rings. The van der Waals surface area contributed by atoms with Crippen LogP contribution in [0.5, 0.6) is 0 Å². The molecule has 6 heteroatoms. The summed E-state index contributed by atoms with van der Waals surface area (Å²) < 4.78 is 39.0. The van der Waals surface area contributed by atoms with Crippen molar-refractivity contribution in [3.05, 3.63) is 29.8 Å². The van der Waals surface area contributed by atoms with Crippen molar-refractivity contribution in [2.24, 2.45) is 11.8 Å². The molecule has 22 heavy (non-hydrogen) atoms. The molecule has 1 saturated carbocycles. The molecule has 2 rings (SSSR count). The van der Waals surface area contributed by atoms with Gasteiger partial charge in [-0.2, -0.15) is 13.2 Å². The van der Waals surface area contributed by atoms with Crippen molar-refractivity contribution in [2.45, 2.75) is 38.3 Å². The zero-order valence-electron chi connectivity index (χ0n) is 12.3. The molecule has 2 unspecified atom stereocenters. The number of nitrogen functional groups attached to an aromatic ring is 1. The highest BCUT2D eigenvalue weighted by Gasteiger charge is 2.47. The van der Waals surface area contributed by atoms with Gasteiger partial charge in [-0.15, -0.1) is 0 Å². The summed E-state index contributed by atoms with van der Waals surface area (Å²) in [5, 5.41) is 2.65. The zero-order chi connectivity index (χ0) is 16.2. The second-order valence-corrected chi connectivity index (χ2v) is 5.82. The van der Waals surface area contributed by atoms with Gasteiger partial charge in [0, 0.05) is 18.2 Å². The molecule has 0 heterocycles. The molecule has 0 saturated heterocycles. The van der Waals surface area contributed by atoms with Crippen molar-refractivity contribution in [1.82, 2.24) is 5.32 Å². The van der Waals surface area contributed by atoms with Gasteiger partial charge in [0.1, 0.15) is 0 Å². The van der Waals surface area contributed by atoms with Crippen LogP contribution in [0.25, 0.3) is 0 Å². The minimum Gasteiger partial charge on any atom is -0.399 e. The lowest BCUT2D eigenvalue weighted by Crippen LogP contribution is -2.43. The van der Waals surface area contributed by atoms with Crippen LogP contribution in [0.4, 0.5) is 18.9 Å². The molecule has 0 bridgehead atoms. The zero-order valence-corrected chi connectivity index (χ0v) is 12.3. The number of nitrogens with one attached hydrogen (secondary N) is 1. The summed E-state index contributed by atoms with van der Waals surface area (Å²) in [5.74, 6) is -2.92. The lowest BCUT2D eigenvalue weighted by molar-refractivity contribution is -0.198. The van der Waals surface area contributed by atoms with Gasteiger partial charge in [-0.3, -0.25) is 4.79 Å². The lowest BCUT2D eigenvalue weighted by atomic mass is 9.78. The van der Waals surface area contributed by atoms with Crippen LogP contribution in [-0.2, 0) is 11.2 Å². The average Bonchev–Trinajstić information content (AvgIpc) is 2.48. The van der Waals surface area contributed by atoms with Gasteiger partial charge in [0.15, 0.2) is 0 Å². The fraction of sp³-hybridized carbons (Fsp3) is 0.562. The van der Waals surface area contributed by atoms with Crippen LogP contribution >= 0.6 is 0 Å². The van der Waals surface area contributed by atoms with E-state index in [1.165, 1.54) is 0 Å². The predicted molar refractivity (Wildman–Crippen MR) is 79.1 cm³/mol. The molecular formula is C16H21F3N2O. The van der Waals surface area contributed by atoms with Crippen molar-refractivity contribution in [3.8, 4) is 0 Å². The van der Waals surface area contributed by atoms with Crippen LogP contribution in [0, 0.1) is 11.8 Å². The molecule has 2 atom stereocenters. The van der Waals surface area contributed by atoms with E-state index >= 15 is 0 Å². The van der Waals surface area contributed by atoms with Gasteiger partial charge in [-0.25, -0.2) is 0 Å². The molecule has 0 radical (unpaired) electrons. The maximum absolute atomic E-state index is 13.0. The standard InChI is InChI=1S/C16H21F3N2O/c17-16(18,19)14-4-2-1-3-13(14)15(22)21-10-9-11-5-7-12(20)8-6-11/h5-8,13-14H,1-4,9-10,20H2,(H,21,22). The number of hydrogen-bond donors (Lipinski definition) is 2. The summed E-state index contributed by atoms with van der Waals surface area (Å²) in [6.45, 7) is 0.337. The minimum atomic E-state index is -4.29. The highest BCUT2D eigenvalue weighted by molar-refractivity contribution is 5.79. The molecule has 1 amide bonds. The Balaban J connectivity index is 1.86. The van der Waals surface area contributed by atoms with Gasteiger partial charge < -0.3 is 11.1 Å². The third-order valence-corrected chi connectivity index (χ3v) is 4.22. The summed E-state index contributed by atoms with van der Waals surface area (Å²) >= 11 is 0. The third kappa shape index (κ3) is 4.39. The quantitative estimate of drug-likeness (QED) is 0.838. The summed E-state index contributed by atoms with van der Waals surface area (Å²) in [6.07, 6.45) is -2.12. The van der Waals surface area contributed by atoms with Crippen LogP contribution in [0.15, 0.2) is 24.3 Å². The second-order valence-electron chi connectivity index (χ2n) is 5.82. The number of amides is 1. The van der Waals surface area contributed by atoms with Gasteiger partial charge in [0.2, 0.25) is 5.91 Å². The highest BCUT2D eigenvalue weighted by atomic mass is 19.4. The second kappa shape index (κ2) is 7.03.